The van der Waals surface area contributed by atoms with Crippen LogP contribution in [0.1, 0.15) is 258 Å². The van der Waals surface area contributed by atoms with Crippen LogP contribution in [-0.2, 0) is 14.3 Å². The molecule has 0 rings (SSSR count). The molecule has 6 nitrogen and oxygen atoms in total. The van der Waals surface area contributed by atoms with Gasteiger partial charge in [0.1, 0.15) is 6.10 Å². The van der Waals surface area contributed by atoms with E-state index in [4.69, 9.17) is 4.74 Å². The summed E-state index contributed by atoms with van der Waals surface area (Å²) in [5.41, 5.74) is 0. The second-order valence-corrected chi connectivity index (χ2v) is 17.6. The van der Waals surface area contributed by atoms with Gasteiger partial charge in [0.05, 0.1) is 25.2 Å². The summed E-state index contributed by atoms with van der Waals surface area (Å²) in [6.45, 7) is 6.42. The molecule has 3 unspecified atom stereocenters. The zero-order valence-electron chi connectivity index (χ0n) is 39.8. The molecule has 60 heavy (non-hydrogen) atoms. The Morgan fingerprint density at radius 3 is 1.38 bits per heavy atom. The van der Waals surface area contributed by atoms with E-state index in [0.717, 1.165) is 89.9 Å². The summed E-state index contributed by atoms with van der Waals surface area (Å²) in [7, 11) is 0. The Morgan fingerprint density at radius 1 is 0.483 bits per heavy atom. The molecule has 0 aliphatic rings. The zero-order chi connectivity index (χ0) is 43.8. The standard InChI is InChI=1S/C54H99NO5/c1-4-7-10-13-16-19-21-23-25-26-27-28-30-32-35-38-41-44-47-54(59)60-50(45-42-39-36-33-18-15-12-9-6-3)48-53(58)55-51(49-56)52(57)46-43-40-37-34-31-29-24-22-20-17-14-11-8-5-2/h15,18,21,23,25-28,50-52,56-57H,4-14,16-17,19-20,22,24,29-49H2,1-3H3,(H,55,58)/b18-15-,23-21+,26-25+,28-27+. The molecule has 3 N–H and O–H groups in total. The van der Waals surface area contributed by atoms with Crippen LogP contribution in [-0.4, -0.2) is 46.9 Å². The highest BCUT2D eigenvalue weighted by Crippen LogP contribution is 2.17. The van der Waals surface area contributed by atoms with E-state index in [0.29, 0.717) is 19.3 Å². The van der Waals surface area contributed by atoms with Crippen LogP contribution in [0.5, 0.6) is 0 Å². The fourth-order valence-corrected chi connectivity index (χ4v) is 7.71. The number of hydrogen-bond acceptors (Lipinski definition) is 5. The highest BCUT2D eigenvalue weighted by atomic mass is 16.5. The number of amides is 1. The molecule has 0 aromatic rings. The minimum absolute atomic E-state index is 0.0584. The molecule has 350 valence electrons. The highest BCUT2D eigenvalue weighted by molar-refractivity contribution is 5.77. The van der Waals surface area contributed by atoms with Gasteiger partial charge in [-0.1, -0.05) is 223 Å². The molecule has 0 aromatic heterocycles. The topological polar surface area (TPSA) is 95.9 Å². The molecule has 1 amide bonds. The lowest BCUT2D eigenvalue weighted by atomic mass is 10.0. The maximum atomic E-state index is 13.2. The monoisotopic (exact) mass is 842 g/mol. The van der Waals surface area contributed by atoms with Crippen molar-refractivity contribution in [3.05, 3.63) is 48.6 Å². The van der Waals surface area contributed by atoms with Gasteiger partial charge in [-0.25, -0.2) is 0 Å². The van der Waals surface area contributed by atoms with Crippen molar-refractivity contribution in [2.75, 3.05) is 6.61 Å². The molecular weight excluding hydrogens is 743 g/mol. The van der Waals surface area contributed by atoms with Gasteiger partial charge >= 0.3 is 5.97 Å². The van der Waals surface area contributed by atoms with Crippen molar-refractivity contribution < 1.29 is 24.5 Å². The molecule has 0 heterocycles. The molecule has 3 atom stereocenters. The molecule has 0 aliphatic carbocycles. The summed E-state index contributed by atoms with van der Waals surface area (Å²) < 4.78 is 5.90. The van der Waals surface area contributed by atoms with Crippen LogP contribution in [0.2, 0.25) is 0 Å². The number of carbonyl (C=O) groups is 2. The van der Waals surface area contributed by atoms with Crippen molar-refractivity contribution >= 4 is 11.9 Å². The van der Waals surface area contributed by atoms with Crippen molar-refractivity contribution in [2.45, 2.75) is 277 Å². The molecule has 0 aliphatic heterocycles. The van der Waals surface area contributed by atoms with E-state index in [1.807, 2.05) is 0 Å². The molecular formula is C54H99NO5. The van der Waals surface area contributed by atoms with Gasteiger partial charge in [-0.15, -0.1) is 0 Å². The first-order valence-corrected chi connectivity index (χ1v) is 25.9. The Morgan fingerprint density at radius 2 is 0.883 bits per heavy atom. The van der Waals surface area contributed by atoms with Gasteiger partial charge < -0.3 is 20.3 Å². The van der Waals surface area contributed by atoms with Crippen LogP contribution < -0.4 is 5.32 Å². The highest BCUT2D eigenvalue weighted by Gasteiger charge is 2.24. The summed E-state index contributed by atoms with van der Waals surface area (Å²) in [5.74, 6) is -0.511. The van der Waals surface area contributed by atoms with Crippen LogP contribution in [0.4, 0.5) is 0 Å². The summed E-state index contributed by atoms with van der Waals surface area (Å²) >= 11 is 0. The SMILES string of the molecule is CCCC/C=C\CCCCCC(CC(=O)NC(CO)C(O)CCCCCCCCCCCCCCCC)OC(=O)CCCCCCC/C=C/C=C/C=C/CCCCCCC. The molecule has 0 radical (unpaired) electrons. The van der Waals surface area contributed by atoms with Crippen LogP contribution in [0.15, 0.2) is 48.6 Å². The number of allylic oxidation sites excluding steroid dienone is 8. The Labute approximate surface area is 372 Å². The fraction of sp³-hybridized carbons (Fsp3) is 0.815. The smallest absolute Gasteiger partial charge is 0.306 e. The molecule has 0 saturated carbocycles. The summed E-state index contributed by atoms with van der Waals surface area (Å²) in [6.07, 6.45) is 57.4. The first kappa shape index (κ1) is 57.8. The minimum atomic E-state index is -0.794. The van der Waals surface area contributed by atoms with Crippen LogP contribution in [0, 0.1) is 0 Å². The van der Waals surface area contributed by atoms with Crippen molar-refractivity contribution in [3.8, 4) is 0 Å². The lowest BCUT2D eigenvalue weighted by Crippen LogP contribution is -2.46. The van der Waals surface area contributed by atoms with E-state index in [1.54, 1.807) is 0 Å². The average molecular weight is 842 g/mol. The van der Waals surface area contributed by atoms with E-state index in [9.17, 15) is 19.8 Å². The minimum Gasteiger partial charge on any atom is -0.462 e. The third kappa shape index (κ3) is 42.5. The average Bonchev–Trinajstić information content (AvgIpc) is 3.24. The number of aliphatic hydroxyl groups excluding tert-OH is 2. The third-order valence-electron chi connectivity index (χ3n) is 11.7. The van der Waals surface area contributed by atoms with Crippen LogP contribution >= 0.6 is 0 Å². The molecule has 0 aromatic carbocycles. The normalized spacial score (nSPS) is 13.6. The number of carbonyl (C=O) groups excluding carboxylic acids is 2. The first-order chi connectivity index (χ1) is 29.5. The van der Waals surface area contributed by atoms with Crippen LogP contribution in [0.3, 0.4) is 0 Å². The van der Waals surface area contributed by atoms with Gasteiger partial charge in [-0.2, -0.15) is 0 Å². The van der Waals surface area contributed by atoms with Crippen molar-refractivity contribution in [3.63, 3.8) is 0 Å². The summed E-state index contributed by atoms with van der Waals surface area (Å²) in [6, 6.07) is -0.709. The van der Waals surface area contributed by atoms with E-state index in [-0.39, 0.29) is 24.9 Å². The second kappa shape index (κ2) is 47.9. The van der Waals surface area contributed by atoms with E-state index in [1.165, 1.54) is 122 Å². The Balaban J connectivity index is 4.49. The lowest BCUT2D eigenvalue weighted by molar-refractivity contribution is -0.151. The predicted octanol–water partition coefficient (Wildman–Crippen LogP) is 15.5. The van der Waals surface area contributed by atoms with Gasteiger partial charge in [0.25, 0.3) is 0 Å². The molecule has 0 saturated heterocycles. The molecule has 0 spiro atoms. The first-order valence-electron chi connectivity index (χ1n) is 25.9. The zero-order valence-corrected chi connectivity index (χ0v) is 39.8. The predicted molar refractivity (Wildman–Crippen MR) is 259 cm³/mol. The van der Waals surface area contributed by atoms with Crippen LogP contribution in [0.25, 0.3) is 0 Å². The van der Waals surface area contributed by atoms with Gasteiger partial charge in [0.2, 0.25) is 5.91 Å². The maximum absolute atomic E-state index is 13.2. The van der Waals surface area contributed by atoms with Gasteiger partial charge in [-0.3, -0.25) is 9.59 Å². The lowest BCUT2D eigenvalue weighted by Gasteiger charge is -2.24. The number of esters is 1. The number of aliphatic hydroxyl groups is 2. The number of rotatable bonds is 46. The van der Waals surface area contributed by atoms with Crippen molar-refractivity contribution in [2.24, 2.45) is 0 Å². The van der Waals surface area contributed by atoms with E-state index >= 15 is 0 Å². The van der Waals surface area contributed by atoms with Gasteiger partial charge in [0.15, 0.2) is 0 Å². The van der Waals surface area contributed by atoms with E-state index in [2.05, 4.69) is 74.7 Å². The molecule has 6 heteroatoms. The number of ether oxygens (including phenoxy) is 1. The largest absolute Gasteiger partial charge is 0.462 e. The number of hydrogen-bond donors (Lipinski definition) is 3. The quantitative estimate of drug-likeness (QED) is 0.0246. The molecule has 0 bridgehead atoms. The molecule has 0 fully saturated rings. The van der Waals surface area contributed by atoms with Gasteiger partial charge in [0, 0.05) is 6.42 Å². The third-order valence-corrected chi connectivity index (χ3v) is 11.7. The van der Waals surface area contributed by atoms with Crippen molar-refractivity contribution in [1.29, 1.82) is 0 Å². The second-order valence-electron chi connectivity index (χ2n) is 17.6. The number of nitrogens with one attached hydrogen (secondary N) is 1. The van der Waals surface area contributed by atoms with E-state index < -0.39 is 18.2 Å². The Kier molecular flexibility index (Phi) is 46.1. The van der Waals surface area contributed by atoms with Gasteiger partial charge in [-0.05, 0) is 70.6 Å². The Hall–Kier alpha value is -2.18. The summed E-state index contributed by atoms with van der Waals surface area (Å²) in [5, 5.41) is 23.7. The Bertz CT molecular complexity index is 1040. The summed E-state index contributed by atoms with van der Waals surface area (Å²) in [4.78, 5) is 26.1. The van der Waals surface area contributed by atoms with Crippen molar-refractivity contribution in [1.82, 2.24) is 5.32 Å². The number of unbranched alkanes of at least 4 members (excludes halogenated alkanes) is 28. The fourth-order valence-electron chi connectivity index (χ4n) is 7.71. The maximum Gasteiger partial charge on any atom is 0.306 e.